The van der Waals surface area contributed by atoms with Gasteiger partial charge in [0.05, 0.1) is 18.3 Å². The maximum absolute atomic E-state index is 13.0. The monoisotopic (exact) mass is 500 g/mol. The number of hydrogen-bond donors (Lipinski definition) is 2. The molecular weight excluding hydrogens is 471 g/mol. The van der Waals surface area contributed by atoms with Crippen molar-refractivity contribution in [3.05, 3.63) is 51.4 Å². The first kappa shape index (κ1) is 22.6. The number of halogens is 2. The molecule has 2 aromatic rings. The van der Waals surface area contributed by atoms with Crippen LogP contribution in [-0.2, 0) is 13.0 Å². The summed E-state index contributed by atoms with van der Waals surface area (Å²) in [7, 11) is 0. The predicted octanol–water partition coefficient (Wildman–Crippen LogP) is 4.97. The van der Waals surface area contributed by atoms with E-state index in [1.165, 1.54) is 38.5 Å². The maximum atomic E-state index is 13.0. The molecule has 4 fully saturated rings. The number of nitrogens with one attached hydrogen (secondary N) is 1. The fourth-order valence-electron chi connectivity index (χ4n) is 7.54. The molecule has 7 rings (SSSR count). The number of carbonyl (C=O) groups is 1. The summed E-state index contributed by atoms with van der Waals surface area (Å²) in [6, 6.07) is 4.91. The molecule has 0 saturated heterocycles. The molecule has 0 radical (unpaired) electrons. The van der Waals surface area contributed by atoms with E-state index >= 15 is 0 Å². The average Bonchev–Trinajstić information content (AvgIpc) is 2.80. The van der Waals surface area contributed by atoms with E-state index in [9.17, 15) is 9.90 Å². The van der Waals surface area contributed by atoms with Crippen LogP contribution in [0.4, 0.5) is 5.82 Å². The molecule has 4 bridgehead atoms. The lowest BCUT2D eigenvalue weighted by Gasteiger charge is -2.58. The van der Waals surface area contributed by atoms with Crippen LogP contribution in [0, 0.1) is 23.2 Å². The lowest BCUT2D eigenvalue weighted by molar-refractivity contribution is -0.115. The van der Waals surface area contributed by atoms with Gasteiger partial charge >= 0.3 is 0 Å². The maximum Gasteiger partial charge on any atom is 0.254 e. The van der Waals surface area contributed by atoms with Crippen LogP contribution in [0.3, 0.4) is 0 Å². The van der Waals surface area contributed by atoms with E-state index in [0.29, 0.717) is 41.7 Å². The van der Waals surface area contributed by atoms with Gasteiger partial charge in [-0.05, 0) is 86.3 Å². The van der Waals surface area contributed by atoms with Crippen LogP contribution in [-0.4, -0.2) is 45.1 Å². The van der Waals surface area contributed by atoms with Crippen molar-refractivity contribution >= 4 is 34.9 Å². The topological polar surface area (TPSA) is 78.4 Å². The summed E-state index contributed by atoms with van der Waals surface area (Å²) >= 11 is 12.2. The molecule has 8 heteroatoms. The summed E-state index contributed by atoms with van der Waals surface area (Å²) < 4.78 is 0. The first-order chi connectivity index (χ1) is 16.4. The standard InChI is InChI=1S/C26H30Cl2N4O2/c27-19-6-18(7-20(28)8-19)25(34)32-2-1-21-22(13-32)30-14-31-24(21)29-12-23(33)26-9-15-3-16(10-26)5-17(4-15)11-26/h6-8,14-17,23,33H,1-5,9-13H2,(H,29,30,31). The summed E-state index contributed by atoms with van der Waals surface area (Å²) in [5.74, 6) is 3.11. The summed E-state index contributed by atoms with van der Waals surface area (Å²) in [6.07, 6.45) is 9.48. The van der Waals surface area contributed by atoms with E-state index in [1.54, 1.807) is 29.4 Å². The van der Waals surface area contributed by atoms with Crippen LogP contribution in [0.5, 0.6) is 0 Å². The molecule has 1 amide bonds. The molecule has 1 unspecified atom stereocenters. The number of benzene rings is 1. The normalized spacial score (nSPS) is 30.2. The molecule has 0 spiro atoms. The third-order valence-electron chi connectivity index (χ3n) is 8.66. The van der Waals surface area contributed by atoms with E-state index in [4.69, 9.17) is 23.2 Å². The Hall–Kier alpha value is -1.89. The predicted molar refractivity (Wildman–Crippen MR) is 132 cm³/mol. The molecule has 1 aromatic heterocycles. The van der Waals surface area contributed by atoms with E-state index < -0.39 is 0 Å². The van der Waals surface area contributed by atoms with Crippen LogP contribution < -0.4 is 5.32 Å². The van der Waals surface area contributed by atoms with Crippen LogP contribution in [0.2, 0.25) is 10.0 Å². The van der Waals surface area contributed by atoms with Gasteiger partial charge in [0, 0.05) is 34.3 Å². The Labute approximate surface area is 210 Å². The quantitative estimate of drug-likeness (QED) is 0.605. The van der Waals surface area contributed by atoms with Crippen molar-refractivity contribution in [2.75, 3.05) is 18.4 Å². The zero-order chi connectivity index (χ0) is 23.4. The molecule has 2 heterocycles. The Morgan fingerprint density at radius 2 is 1.74 bits per heavy atom. The fourth-order valence-corrected chi connectivity index (χ4v) is 8.06. The third kappa shape index (κ3) is 4.08. The van der Waals surface area contributed by atoms with Crippen LogP contribution in [0.1, 0.15) is 60.1 Å². The number of fused-ring (bicyclic) bond motifs is 1. The highest BCUT2D eigenvalue weighted by molar-refractivity contribution is 6.35. The highest BCUT2D eigenvalue weighted by atomic mass is 35.5. The molecule has 4 aliphatic carbocycles. The summed E-state index contributed by atoms with van der Waals surface area (Å²) in [5, 5.41) is 15.6. The Morgan fingerprint density at radius 1 is 1.09 bits per heavy atom. The molecule has 180 valence electrons. The average molecular weight is 501 g/mol. The lowest BCUT2D eigenvalue weighted by Crippen LogP contribution is -2.53. The first-order valence-electron chi connectivity index (χ1n) is 12.4. The number of aliphatic hydroxyl groups is 1. The number of carbonyl (C=O) groups excluding carboxylic acids is 1. The van der Waals surface area contributed by atoms with Crippen LogP contribution in [0.15, 0.2) is 24.5 Å². The van der Waals surface area contributed by atoms with Crippen molar-refractivity contribution in [1.82, 2.24) is 14.9 Å². The van der Waals surface area contributed by atoms with Gasteiger partial charge in [0.25, 0.3) is 5.91 Å². The molecular formula is C26H30Cl2N4O2. The van der Waals surface area contributed by atoms with Gasteiger partial charge in [-0.1, -0.05) is 23.2 Å². The molecule has 6 nitrogen and oxygen atoms in total. The highest BCUT2D eigenvalue weighted by Crippen LogP contribution is 2.61. The Morgan fingerprint density at radius 3 is 2.38 bits per heavy atom. The zero-order valence-corrected chi connectivity index (χ0v) is 20.7. The minimum atomic E-state index is -0.360. The fraction of sp³-hybridized carbons (Fsp3) is 0.577. The second-order valence-corrected chi connectivity index (χ2v) is 11.8. The number of amides is 1. The Bertz CT molecular complexity index is 1070. The number of nitrogens with zero attached hydrogens (tertiary/aromatic N) is 3. The molecule has 2 N–H and O–H groups in total. The number of aliphatic hydroxyl groups excluding tert-OH is 1. The van der Waals surface area contributed by atoms with Crippen molar-refractivity contribution in [2.24, 2.45) is 23.2 Å². The number of hydrogen-bond acceptors (Lipinski definition) is 5. The van der Waals surface area contributed by atoms with Gasteiger partial charge in [-0.15, -0.1) is 0 Å². The van der Waals surface area contributed by atoms with Gasteiger partial charge in [0.1, 0.15) is 12.1 Å². The third-order valence-corrected chi connectivity index (χ3v) is 9.10. The largest absolute Gasteiger partial charge is 0.391 e. The van der Waals surface area contributed by atoms with Crippen LogP contribution >= 0.6 is 23.2 Å². The van der Waals surface area contributed by atoms with E-state index in [-0.39, 0.29) is 17.4 Å². The minimum Gasteiger partial charge on any atom is -0.391 e. The first-order valence-corrected chi connectivity index (χ1v) is 13.1. The van der Waals surface area contributed by atoms with Crippen molar-refractivity contribution in [1.29, 1.82) is 0 Å². The Balaban J connectivity index is 1.14. The number of anilines is 1. The number of aromatic nitrogens is 2. The molecule has 4 saturated carbocycles. The van der Waals surface area contributed by atoms with Crippen molar-refractivity contribution < 1.29 is 9.90 Å². The van der Waals surface area contributed by atoms with Gasteiger partial charge in [-0.3, -0.25) is 4.79 Å². The SMILES string of the molecule is O=C(c1cc(Cl)cc(Cl)c1)N1CCc2c(ncnc2NCC(O)C23CC4CC(CC(C4)C2)C3)C1. The van der Waals surface area contributed by atoms with Crippen molar-refractivity contribution in [3.8, 4) is 0 Å². The van der Waals surface area contributed by atoms with Crippen molar-refractivity contribution in [2.45, 2.75) is 57.6 Å². The minimum absolute atomic E-state index is 0.0797. The second-order valence-electron chi connectivity index (χ2n) is 11.0. The molecule has 1 atom stereocenters. The van der Waals surface area contributed by atoms with E-state index in [2.05, 4.69) is 15.3 Å². The van der Waals surface area contributed by atoms with E-state index in [0.717, 1.165) is 34.8 Å². The van der Waals surface area contributed by atoms with Gasteiger partial charge in [0.2, 0.25) is 0 Å². The molecule has 1 aromatic carbocycles. The number of rotatable bonds is 5. The highest BCUT2D eigenvalue weighted by Gasteiger charge is 2.53. The summed E-state index contributed by atoms with van der Waals surface area (Å²) in [5.41, 5.74) is 2.44. The Kier molecular flexibility index (Phi) is 5.74. The zero-order valence-electron chi connectivity index (χ0n) is 19.1. The molecule has 34 heavy (non-hydrogen) atoms. The smallest absolute Gasteiger partial charge is 0.254 e. The van der Waals surface area contributed by atoms with Gasteiger partial charge in [-0.2, -0.15) is 0 Å². The second kappa shape index (κ2) is 8.65. The summed E-state index contributed by atoms with van der Waals surface area (Å²) in [4.78, 5) is 23.8. The summed E-state index contributed by atoms with van der Waals surface area (Å²) in [6.45, 7) is 1.49. The van der Waals surface area contributed by atoms with Gasteiger partial charge < -0.3 is 15.3 Å². The van der Waals surface area contributed by atoms with Gasteiger partial charge in [0.15, 0.2) is 0 Å². The van der Waals surface area contributed by atoms with E-state index in [1.807, 2.05) is 0 Å². The van der Waals surface area contributed by atoms with Gasteiger partial charge in [-0.25, -0.2) is 9.97 Å². The molecule has 5 aliphatic rings. The lowest BCUT2D eigenvalue weighted by atomic mass is 9.48. The molecule has 1 aliphatic heterocycles. The van der Waals surface area contributed by atoms with Crippen LogP contribution in [0.25, 0.3) is 0 Å². The van der Waals surface area contributed by atoms with Crippen molar-refractivity contribution in [3.63, 3.8) is 0 Å².